The normalized spacial score (nSPS) is 10.0. The lowest BCUT2D eigenvalue weighted by Gasteiger charge is -2.09. The van der Waals surface area contributed by atoms with Crippen LogP contribution in [0.3, 0.4) is 0 Å². The maximum Gasteiger partial charge on any atom is 0.101 e. The maximum absolute atomic E-state index is 8.88. The molecule has 0 aliphatic heterocycles. The van der Waals surface area contributed by atoms with Gasteiger partial charge in [-0.2, -0.15) is 5.26 Å². The fraction of sp³-hybridized carbons (Fsp3) is 0.533. The van der Waals surface area contributed by atoms with Crippen LogP contribution in [-0.2, 0) is 0 Å². The van der Waals surface area contributed by atoms with Crippen LogP contribution in [0, 0.1) is 11.3 Å². The van der Waals surface area contributed by atoms with Crippen molar-refractivity contribution in [3.63, 3.8) is 0 Å². The molecule has 0 heterocycles. The number of nitrogens with two attached hydrogens (primary N) is 1. The quantitative estimate of drug-likeness (QED) is 0.539. The summed E-state index contributed by atoms with van der Waals surface area (Å²) in [5.41, 5.74) is 7.87. The molecule has 1 rings (SSSR count). The monoisotopic (exact) mass is 245 g/mol. The highest BCUT2D eigenvalue weighted by Gasteiger charge is 2.02. The van der Waals surface area contributed by atoms with Crippen LogP contribution in [0.15, 0.2) is 18.2 Å². The molecule has 0 radical (unpaired) electrons. The van der Waals surface area contributed by atoms with Crippen LogP contribution >= 0.6 is 0 Å². The molecule has 3 heteroatoms. The van der Waals surface area contributed by atoms with Crippen molar-refractivity contribution >= 4 is 11.4 Å². The number of nitriles is 1. The van der Waals surface area contributed by atoms with Crippen molar-refractivity contribution in [1.29, 1.82) is 5.26 Å². The molecule has 0 aliphatic carbocycles. The van der Waals surface area contributed by atoms with Gasteiger partial charge in [-0.25, -0.2) is 0 Å². The summed E-state index contributed by atoms with van der Waals surface area (Å²) in [6.45, 7) is 3.15. The Morgan fingerprint density at radius 2 is 1.89 bits per heavy atom. The Bertz CT molecular complexity index is 393. The van der Waals surface area contributed by atoms with Crippen molar-refractivity contribution in [3.8, 4) is 6.07 Å². The Morgan fingerprint density at radius 3 is 2.61 bits per heavy atom. The van der Waals surface area contributed by atoms with E-state index in [-0.39, 0.29) is 0 Å². The Hall–Kier alpha value is -1.69. The van der Waals surface area contributed by atoms with Gasteiger partial charge in [-0.15, -0.1) is 0 Å². The molecule has 1 aromatic carbocycles. The average Bonchev–Trinajstić information content (AvgIpc) is 2.39. The molecule has 0 atom stereocenters. The molecule has 18 heavy (non-hydrogen) atoms. The molecule has 0 saturated carbocycles. The molecule has 3 N–H and O–H groups in total. The van der Waals surface area contributed by atoms with Gasteiger partial charge >= 0.3 is 0 Å². The number of hydrogen-bond acceptors (Lipinski definition) is 3. The van der Waals surface area contributed by atoms with E-state index < -0.39 is 0 Å². The van der Waals surface area contributed by atoms with Gasteiger partial charge in [0.2, 0.25) is 0 Å². The van der Waals surface area contributed by atoms with E-state index in [1.165, 1.54) is 32.1 Å². The highest BCUT2D eigenvalue weighted by atomic mass is 14.9. The molecule has 0 bridgehead atoms. The van der Waals surface area contributed by atoms with Crippen molar-refractivity contribution in [3.05, 3.63) is 23.8 Å². The fourth-order valence-electron chi connectivity index (χ4n) is 1.95. The van der Waals surface area contributed by atoms with Gasteiger partial charge in [0.15, 0.2) is 0 Å². The van der Waals surface area contributed by atoms with Crippen molar-refractivity contribution in [2.75, 3.05) is 17.6 Å². The minimum absolute atomic E-state index is 0.544. The van der Waals surface area contributed by atoms with Crippen LogP contribution in [0.4, 0.5) is 11.4 Å². The van der Waals surface area contributed by atoms with E-state index in [2.05, 4.69) is 18.3 Å². The second-order valence-electron chi connectivity index (χ2n) is 4.57. The Kier molecular flexibility index (Phi) is 6.71. The van der Waals surface area contributed by atoms with Crippen LogP contribution < -0.4 is 11.1 Å². The number of rotatable bonds is 8. The molecule has 0 unspecified atom stereocenters. The van der Waals surface area contributed by atoms with Crippen LogP contribution in [-0.4, -0.2) is 6.54 Å². The van der Waals surface area contributed by atoms with E-state index in [1.807, 2.05) is 12.1 Å². The minimum Gasteiger partial charge on any atom is -0.396 e. The van der Waals surface area contributed by atoms with E-state index in [9.17, 15) is 0 Å². The van der Waals surface area contributed by atoms with Crippen LogP contribution in [0.1, 0.15) is 51.0 Å². The number of anilines is 2. The first-order valence-electron chi connectivity index (χ1n) is 6.82. The van der Waals surface area contributed by atoms with Gasteiger partial charge in [0.1, 0.15) is 6.07 Å². The lowest BCUT2D eigenvalue weighted by Crippen LogP contribution is -2.05. The zero-order valence-corrected chi connectivity index (χ0v) is 11.2. The van der Waals surface area contributed by atoms with Gasteiger partial charge in [0.25, 0.3) is 0 Å². The molecule has 0 aromatic heterocycles. The van der Waals surface area contributed by atoms with Crippen LogP contribution in [0.2, 0.25) is 0 Å². The molecular weight excluding hydrogens is 222 g/mol. The Balaban J connectivity index is 2.26. The predicted molar refractivity (Wildman–Crippen MR) is 77.4 cm³/mol. The molecule has 98 valence electrons. The first-order chi connectivity index (χ1) is 8.79. The van der Waals surface area contributed by atoms with E-state index >= 15 is 0 Å². The number of unbranched alkanes of at least 4 members (excludes halogenated alkanes) is 5. The van der Waals surface area contributed by atoms with Crippen LogP contribution in [0.25, 0.3) is 0 Å². The van der Waals surface area contributed by atoms with E-state index in [0.717, 1.165) is 18.7 Å². The third-order valence-corrected chi connectivity index (χ3v) is 3.07. The molecule has 1 aromatic rings. The molecule has 0 aliphatic rings. The van der Waals surface area contributed by atoms with E-state index in [4.69, 9.17) is 11.0 Å². The predicted octanol–water partition coefficient (Wildman–Crippen LogP) is 3.91. The number of para-hydroxylation sites is 1. The lowest BCUT2D eigenvalue weighted by atomic mass is 10.1. The molecule has 3 nitrogen and oxygen atoms in total. The average molecular weight is 245 g/mol. The summed E-state index contributed by atoms with van der Waals surface area (Å²) in [5, 5.41) is 12.2. The summed E-state index contributed by atoms with van der Waals surface area (Å²) >= 11 is 0. The number of nitrogens with one attached hydrogen (secondary N) is 1. The first-order valence-corrected chi connectivity index (χ1v) is 6.82. The summed E-state index contributed by atoms with van der Waals surface area (Å²) in [5.74, 6) is 0. The van der Waals surface area contributed by atoms with Crippen molar-refractivity contribution in [1.82, 2.24) is 0 Å². The second-order valence-corrected chi connectivity index (χ2v) is 4.57. The first kappa shape index (κ1) is 14.4. The number of nitrogen functional groups attached to an aromatic ring is 1. The van der Waals surface area contributed by atoms with Crippen molar-refractivity contribution in [2.24, 2.45) is 0 Å². The smallest absolute Gasteiger partial charge is 0.101 e. The van der Waals surface area contributed by atoms with Gasteiger partial charge in [-0.3, -0.25) is 0 Å². The minimum atomic E-state index is 0.544. The lowest BCUT2D eigenvalue weighted by molar-refractivity contribution is 0.617. The van der Waals surface area contributed by atoms with Crippen molar-refractivity contribution in [2.45, 2.75) is 45.4 Å². The number of hydrogen-bond donors (Lipinski definition) is 2. The van der Waals surface area contributed by atoms with Gasteiger partial charge in [-0.05, 0) is 18.6 Å². The zero-order valence-electron chi connectivity index (χ0n) is 11.2. The third kappa shape index (κ3) is 4.67. The molecule has 0 spiro atoms. The van der Waals surface area contributed by atoms with E-state index in [0.29, 0.717) is 11.3 Å². The van der Waals surface area contributed by atoms with Crippen LogP contribution in [0.5, 0.6) is 0 Å². The zero-order chi connectivity index (χ0) is 13.2. The maximum atomic E-state index is 8.88. The molecule has 0 fully saturated rings. The number of nitrogens with zero attached hydrogens (tertiary/aromatic N) is 1. The molecule has 0 saturated heterocycles. The standard InChI is InChI=1S/C15H23N3/c1-2-3-4-5-6-7-11-18-14-10-8-9-13(12-16)15(14)17/h8-10,18H,2-7,11,17H2,1H3. The van der Waals surface area contributed by atoms with Crippen molar-refractivity contribution < 1.29 is 0 Å². The highest BCUT2D eigenvalue weighted by molar-refractivity contribution is 5.72. The van der Waals surface area contributed by atoms with Gasteiger partial charge in [0.05, 0.1) is 16.9 Å². The van der Waals surface area contributed by atoms with E-state index in [1.54, 1.807) is 6.07 Å². The Labute approximate surface area is 110 Å². The van der Waals surface area contributed by atoms with Gasteiger partial charge in [-0.1, -0.05) is 45.1 Å². The highest BCUT2D eigenvalue weighted by Crippen LogP contribution is 2.21. The third-order valence-electron chi connectivity index (χ3n) is 3.07. The summed E-state index contributed by atoms with van der Waals surface area (Å²) in [4.78, 5) is 0. The van der Waals surface area contributed by atoms with Gasteiger partial charge in [0, 0.05) is 6.54 Å². The summed E-state index contributed by atoms with van der Waals surface area (Å²) < 4.78 is 0. The molecular formula is C15H23N3. The summed E-state index contributed by atoms with van der Waals surface area (Å²) in [6, 6.07) is 7.62. The topological polar surface area (TPSA) is 61.8 Å². The summed E-state index contributed by atoms with van der Waals surface area (Å²) in [7, 11) is 0. The number of benzene rings is 1. The summed E-state index contributed by atoms with van der Waals surface area (Å²) in [6.07, 6.45) is 7.68. The fourth-order valence-corrected chi connectivity index (χ4v) is 1.95. The Morgan fingerprint density at radius 1 is 1.17 bits per heavy atom. The largest absolute Gasteiger partial charge is 0.396 e. The SMILES string of the molecule is CCCCCCCCNc1cccc(C#N)c1N. The van der Waals surface area contributed by atoms with Gasteiger partial charge < -0.3 is 11.1 Å². The molecule has 0 amide bonds. The second kappa shape index (κ2) is 8.41.